The SMILES string of the molecule is Cc1coc2cc3oc(=O)c(CC(=O)N[C@@H](Cc4ccc(O)cc4)C(=O)[O-])c(C)c3cc12. The van der Waals surface area contributed by atoms with Crippen LogP contribution in [0.15, 0.2) is 56.3 Å². The number of benzene rings is 2. The molecule has 0 radical (unpaired) electrons. The maximum absolute atomic E-state index is 12.6. The van der Waals surface area contributed by atoms with E-state index in [0.29, 0.717) is 27.7 Å². The first-order chi connectivity index (χ1) is 15.2. The van der Waals surface area contributed by atoms with Gasteiger partial charge in [0.05, 0.1) is 30.3 Å². The number of hydrogen-bond acceptors (Lipinski definition) is 7. The Hall–Kier alpha value is -4.07. The normalized spacial score (nSPS) is 12.2. The van der Waals surface area contributed by atoms with E-state index in [-0.39, 0.29) is 24.2 Å². The van der Waals surface area contributed by atoms with Crippen molar-refractivity contribution >= 4 is 33.8 Å². The first kappa shape index (κ1) is 21.2. The highest BCUT2D eigenvalue weighted by Crippen LogP contribution is 2.28. The van der Waals surface area contributed by atoms with Crippen LogP contribution >= 0.6 is 0 Å². The number of phenolic OH excluding ortho intramolecular Hbond substituents is 1. The molecule has 0 bridgehead atoms. The monoisotopic (exact) mass is 434 g/mol. The summed E-state index contributed by atoms with van der Waals surface area (Å²) in [6.45, 7) is 3.62. The van der Waals surface area contributed by atoms with Gasteiger partial charge in [-0.2, -0.15) is 0 Å². The van der Waals surface area contributed by atoms with Gasteiger partial charge in [0, 0.05) is 16.8 Å². The Labute approximate surface area is 182 Å². The molecule has 8 nitrogen and oxygen atoms in total. The van der Waals surface area contributed by atoms with Crippen molar-refractivity contribution < 1.29 is 28.6 Å². The zero-order valence-corrected chi connectivity index (χ0v) is 17.4. The molecule has 2 aromatic heterocycles. The highest BCUT2D eigenvalue weighted by atomic mass is 16.4. The van der Waals surface area contributed by atoms with Crippen molar-refractivity contribution in [3.05, 3.63) is 75.3 Å². The van der Waals surface area contributed by atoms with E-state index in [4.69, 9.17) is 8.83 Å². The zero-order valence-electron chi connectivity index (χ0n) is 17.4. The molecule has 0 aliphatic carbocycles. The average Bonchev–Trinajstić information content (AvgIpc) is 3.10. The van der Waals surface area contributed by atoms with Crippen molar-refractivity contribution in [3.8, 4) is 5.75 Å². The minimum absolute atomic E-state index is 0.0303. The fraction of sp³-hybridized carbons (Fsp3) is 0.208. The molecular formula is C24H20NO7-. The molecule has 0 aliphatic heterocycles. The Morgan fingerprint density at radius 2 is 1.81 bits per heavy atom. The molecule has 0 saturated heterocycles. The summed E-state index contributed by atoms with van der Waals surface area (Å²) in [5.74, 6) is -2.05. The fourth-order valence-corrected chi connectivity index (χ4v) is 3.71. The Bertz CT molecular complexity index is 1400. The second-order valence-electron chi connectivity index (χ2n) is 7.74. The smallest absolute Gasteiger partial charge is 0.340 e. The lowest BCUT2D eigenvalue weighted by Gasteiger charge is -2.20. The van der Waals surface area contributed by atoms with E-state index in [0.717, 1.165) is 10.9 Å². The Kier molecular flexibility index (Phi) is 5.44. The quantitative estimate of drug-likeness (QED) is 0.443. The van der Waals surface area contributed by atoms with Crippen LogP contribution in [0.3, 0.4) is 0 Å². The van der Waals surface area contributed by atoms with Crippen LogP contribution in [-0.2, 0) is 22.4 Å². The molecule has 1 amide bonds. The van der Waals surface area contributed by atoms with Crippen molar-refractivity contribution in [1.82, 2.24) is 5.32 Å². The summed E-state index contributed by atoms with van der Waals surface area (Å²) in [4.78, 5) is 36.7. The lowest BCUT2D eigenvalue weighted by Crippen LogP contribution is -2.49. The molecule has 0 aliphatic rings. The second kappa shape index (κ2) is 8.22. The van der Waals surface area contributed by atoms with E-state index in [9.17, 15) is 24.6 Å². The topological polar surface area (TPSA) is 133 Å². The summed E-state index contributed by atoms with van der Waals surface area (Å²) in [5, 5.41) is 24.8. The molecule has 0 fully saturated rings. The standard InChI is InChI=1S/C24H21NO7/c1-12-11-31-20-10-21-17(8-16(12)20)13(2)18(24(30)32-21)9-22(27)25-19(23(28)29)7-14-3-5-15(26)6-4-14/h3-6,8,10-11,19,26H,7,9H2,1-2H3,(H,25,27)(H,28,29)/p-1/t19-/m0/s1. The number of carboxylic acids is 1. The van der Waals surface area contributed by atoms with E-state index in [1.54, 1.807) is 31.4 Å². The van der Waals surface area contributed by atoms with Crippen LogP contribution in [0.25, 0.3) is 21.9 Å². The van der Waals surface area contributed by atoms with Crippen LogP contribution in [0.5, 0.6) is 5.75 Å². The minimum atomic E-state index is -1.45. The zero-order chi connectivity index (χ0) is 23.0. The van der Waals surface area contributed by atoms with Gasteiger partial charge in [-0.05, 0) is 55.2 Å². The fourth-order valence-electron chi connectivity index (χ4n) is 3.71. The van der Waals surface area contributed by atoms with Crippen molar-refractivity contribution in [2.45, 2.75) is 32.7 Å². The van der Waals surface area contributed by atoms with Crippen LogP contribution in [-0.4, -0.2) is 23.0 Å². The van der Waals surface area contributed by atoms with Gasteiger partial charge in [0.1, 0.15) is 16.9 Å². The maximum Gasteiger partial charge on any atom is 0.340 e. The van der Waals surface area contributed by atoms with E-state index in [1.165, 1.54) is 12.1 Å². The number of amides is 1. The van der Waals surface area contributed by atoms with E-state index in [1.807, 2.05) is 13.0 Å². The van der Waals surface area contributed by atoms with Gasteiger partial charge in [-0.1, -0.05) is 12.1 Å². The van der Waals surface area contributed by atoms with Gasteiger partial charge in [-0.25, -0.2) is 4.79 Å². The molecule has 164 valence electrons. The number of hydrogen-bond donors (Lipinski definition) is 2. The summed E-state index contributed by atoms with van der Waals surface area (Å²) < 4.78 is 10.9. The number of aliphatic carboxylic acids is 1. The van der Waals surface area contributed by atoms with E-state index >= 15 is 0 Å². The number of furan rings is 1. The molecule has 32 heavy (non-hydrogen) atoms. The molecule has 2 aromatic carbocycles. The van der Waals surface area contributed by atoms with Gasteiger partial charge in [0.2, 0.25) is 5.91 Å². The molecule has 1 atom stereocenters. The molecular weight excluding hydrogens is 414 g/mol. The van der Waals surface area contributed by atoms with Crippen LogP contribution < -0.4 is 16.0 Å². The number of phenols is 1. The van der Waals surface area contributed by atoms with Crippen LogP contribution in [0, 0.1) is 13.8 Å². The lowest BCUT2D eigenvalue weighted by molar-refractivity contribution is -0.308. The summed E-state index contributed by atoms with van der Waals surface area (Å²) >= 11 is 0. The highest BCUT2D eigenvalue weighted by Gasteiger charge is 2.19. The van der Waals surface area contributed by atoms with Gasteiger partial charge >= 0.3 is 5.63 Å². The van der Waals surface area contributed by atoms with Gasteiger partial charge in [-0.3, -0.25) is 4.79 Å². The number of nitrogens with one attached hydrogen (secondary N) is 1. The molecule has 0 unspecified atom stereocenters. The summed E-state index contributed by atoms with van der Waals surface area (Å²) in [7, 11) is 0. The van der Waals surface area contributed by atoms with Crippen molar-refractivity contribution in [3.63, 3.8) is 0 Å². The minimum Gasteiger partial charge on any atom is -0.548 e. The number of fused-ring (bicyclic) bond motifs is 2. The van der Waals surface area contributed by atoms with Crippen molar-refractivity contribution in [2.75, 3.05) is 0 Å². The largest absolute Gasteiger partial charge is 0.548 e. The maximum atomic E-state index is 12.6. The first-order valence-electron chi connectivity index (χ1n) is 9.95. The second-order valence-corrected chi connectivity index (χ2v) is 7.74. The molecule has 2 heterocycles. The molecule has 8 heteroatoms. The number of rotatable bonds is 6. The van der Waals surface area contributed by atoms with Crippen LogP contribution in [0.1, 0.15) is 22.3 Å². The summed E-state index contributed by atoms with van der Waals surface area (Å²) in [5.41, 5.74) is 2.52. The summed E-state index contributed by atoms with van der Waals surface area (Å²) in [6.07, 6.45) is 1.24. The van der Waals surface area contributed by atoms with Gasteiger partial charge in [-0.15, -0.1) is 0 Å². The van der Waals surface area contributed by atoms with Crippen molar-refractivity contribution in [2.24, 2.45) is 0 Å². The van der Waals surface area contributed by atoms with Crippen LogP contribution in [0.4, 0.5) is 0 Å². The molecule has 4 rings (SSSR count). The predicted octanol–water partition coefficient (Wildman–Crippen LogP) is 1.88. The lowest BCUT2D eigenvalue weighted by atomic mass is 10.0. The molecule has 2 N–H and O–H groups in total. The van der Waals surface area contributed by atoms with E-state index in [2.05, 4.69) is 5.32 Å². The number of aryl methyl sites for hydroxylation is 2. The van der Waals surface area contributed by atoms with Gasteiger partial charge < -0.3 is 29.2 Å². The molecule has 4 aromatic rings. The predicted molar refractivity (Wildman–Crippen MR) is 114 cm³/mol. The Balaban J connectivity index is 1.59. The number of carbonyl (C=O) groups is 2. The van der Waals surface area contributed by atoms with Crippen molar-refractivity contribution in [1.29, 1.82) is 0 Å². The highest BCUT2D eigenvalue weighted by molar-refractivity contribution is 5.96. The third-order valence-corrected chi connectivity index (χ3v) is 5.51. The molecule has 0 saturated carbocycles. The van der Waals surface area contributed by atoms with Crippen LogP contribution in [0.2, 0.25) is 0 Å². The average molecular weight is 434 g/mol. The summed E-state index contributed by atoms with van der Waals surface area (Å²) in [6, 6.07) is 8.14. The number of carbonyl (C=O) groups excluding carboxylic acids is 2. The number of carboxylic acid groups (broad SMARTS) is 1. The Morgan fingerprint density at radius 3 is 2.50 bits per heavy atom. The van der Waals surface area contributed by atoms with Gasteiger partial charge in [0.25, 0.3) is 0 Å². The van der Waals surface area contributed by atoms with Gasteiger partial charge in [0.15, 0.2) is 0 Å². The Morgan fingerprint density at radius 1 is 1.09 bits per heavy atom. The molecule has 0 spiro atoms. The first-order valence-corrected chi connectivity index (χ1v) is 9.95. The third kappa shape index (κ3) is 4.07. The van der Waals surface area contributed by atoms with E-state index < -0.39 is 23.5 Å². The number of aromatic hydroxyl groups is 1. The third-order valence-electron chi connectivity index (χ3n) is 5.51.